The molecule has 4 saturated carbocycles. The number of nitrogens with zero attached hydrogens (tertiary/aromatic N) is 4. The molecular weight excluding hydrogens is 536 g/mol. The fourth-order valence-electron chi connectivity index (χ4n) is 9.14. The Morgan fingerprint density at radius 2 is 1.51 bits per heavy atom. The predicted molar refractivity (Wildman–Crippen MR) is 168 cm³/mol. The summed E-state index contributed by atoms with van der Waals surface area (Å²) in [5.41, 5.74) is 5.61. The Hall–Kier alpha value is -3.87. The Kier molecular flexibility index (Phi) is 7.15. The molecule has 2 heterocycles. The molecule has 1 aromatic heterocycles. The zero-order valence-electron chi connectivity index (χ0n) is 25.3. The van der Waals surface area contributed by atoms with Crippen molar-refractivity contribution >= 4 is 17.5 Å². The van der Waals surface area contributed by atoms with Crippen LogP contribution in [0.2, 0.25) is 0 Å². The summed E-state index contributed by atoms with van der Waals surface area (Å²) in [4.78, 5) is 37.0. The third kappa shape index (κ3) is 5.50. The monoisotopic (exact) mass is 578 g/mol. The Bertz CT molecular complexity index is 1490. The number of aromatic hydroxyl groups is 1. The van der Waals surface area contributed by atoms with Crippen molar-refractivity contribution in [2.24, 2.45) is 23.2 Å². The quantitative estimate of drug-likeness (QED) is 0.388. The fraction of sp³-hybridized carbons (Fsp3) is 0.472. The van der Waals surface area contributed by atoms with E-state index in [9.17, 15) is 14.7 Å². The third-order valence-electron chi connectivity index (χ3n) is 10.6. The number of pyridine rings is 1. The van der Waals surface area contributed by atoms with Crippen LogP contribution in [0.1, 0.15) is 64.8 Å². The molecule has 7 nitrogen and oxygen atoms in total. The van der Waals surface area contributed by atoms with Crippen LogP contribution in [-0.2, 0) is 0 Å². The van der Waals surface area contributed by atoms with Crippen molar-refractivity contribution in [3.8, 4) is 16.9 Å². The minimum atomic E-state index is 0.0336. The van der Waals surface area contributed by atoms with Gasteiger partial charge < -0.3 is 19.8 Å². The zero-order valence-corrected chi connectivity index (χ0v) is 25.3. The lowest BCUT2D eigenvalue weighted by atomic mass is 9.49. The number of benzene rings is 2. The van der Waals surface area contributed by atoms with Gasteiger partial charge in [0.2, 0.25) is 0 Å². The van der Waals surface area contributed by atoms with Gasteiger partial charge in [-0.25, -0.2) is 0 Å². The van der Waals surface area contributed by atoms with Gasteiger partial charge in [0, 0.05) is 68.3 Å². The van der Waals surface area contributed by atoms with E-state index in [1.54, 1.807) is 12.3 Å². The van der Waals surface area contributed by atoms with Crippen LogP contribution in [0, 0.1) is 30.1 Å². The number of carbonyl (C=O) groups excluding carboxylic acids is 2. The first-order valence-electron chi connectivity index (χ1n) is 15.9. The van der Waals surface area contributed by atoms with Crippen molar-refractivity contribution < 1.29 is 14.7 Å². The molecule has 8 rings (SSSR count). The number of amides is 2. The molecule has 1 aliphatic heterocycles. The van der Waals surface area contributed by atoms with Gasteiger partial charge in [0.05, 0.1) is 6.20 Å². The van der Waals surface area contributed by atoms with E-state index >= 15 is 0 Å². The summed E-state index contributed by atoms with van der Waals surface area (Å²) in [6, 6.07) is 15.4. The molecule has 1 saturated heterocycles. The van der Waals surface area contributed by atoms with E-state index in [1.807, 2.05) is 54.1 Å². The van der Waals surface area contributed by atoms with Crippen LogP contribution in [-0.4, -0.2) is 71.5 Å². The number of anilines is 1. The van der Waals surface area contributed by atoms with Crippen molar-refractivity contribution in [3.63, 3.8) is 0 Å². The van der Waals surface area contributed by atoms with Gasteiger partial charge in [-0.2, -0.15) is 0 Å². The molecule has 1 N–H and O–H groups in total. The second-order valence-electron chi connectivity index (χ2n) is 13.9. The number of piperazine rings is 1. The van der Waals surface area contributed by atoms with Gasteiger partial charge in [0.25, 0.3) is 11.8 Å². The highest BCUT2D eigenvalue weighted by atomic mass is 16.3. The van der Waals surface area contributed by atoms with Gasteiger partial charge in [0.1, 0.15) is 5.75 Å². The molecule has 2 aromatic carbocycles. The van der Waals surface area contributed by atoms with E-state index in [2.05, 4.69) is 22.0 Å². The Balaban J connectivity index is 0.943. The molecular formula is C36H42N4O3. The van der Waals surface area contributed by atoms with Crippen molar-refractivity contribution in [2.45, 2.75) is 45.4 Å². The molecule has 0 radical (unpaired) electrons. The van der Waals surface area contributed by atoms with Crippen molar-refractivity contribution in [3.05, 3.63) is 77.6 Å². The first kappa shape index (κ1) is 27.9. The molecule has 4 aliphatic carbocycles. The summed E-state index contributed by atoms with van der Waals surface area (Å²) in [6.07, 6.45) is 11.3. The van der Waals surface area contributed by atoms with E-state index in [0.717, 1.165) is 65.3 Å². The van der Waals surface area contributed by atoms with Gasteiger partial charge >= 0.3 is 0 Å². The highest BCUT2D eigenvalue weighted by molar-refractivity contribution is 5.96. The smallest absolute Gasteiger partial charge is 0.253 e. The SMILES string of the molecule is Cc1cc(C(=O)N2CCN(c3ccc(C(=O)N(C)CC45CC6CC(CC(C6)C4)C5)cc3)CC2)ccc1-c1cncc(O)c1. The van der Waals surface area contributed by atoms with Crippen LogP contribution in [0.4, 0.5) is 5.69 Å². The maximum atomic E-state index is 13.4. The second-order valence-corrected chi connectivity index (χ2v) is 13.9. The maximum Gasteiger partial charge on any atom is 0.253 e. The first-order chi connectivity index (χ1) is 20.7. The largest absolute Gasteiger partial charge is 0.506 e. The summed E-state index contributed by atoms with van der Waals surface area (Å²) in [6.45, 7) is 5.65. The minimum absolute atomic E-state index is 0.0336. The van der Waals surface area contributed by atoms with Crippen LogP contribution in [0.3, 0.4) is 0 Å². The maximum absolute atomic E-state index is 13.4. The summed E-state index contributed by atoms with van der Waals surface area (Å²) >= 11 is 0. The topological polar surface area (TPSA) is 77.0 Å². The van der Waals surface area contributed by atoms with Gasteiger partial charge in [-0.05, 0) is 122 Å². The molecule has 43 heavy (non-hydrogen) atoms. The lowest BCUT2D eigenvalue weighted by molar-refractivity contribution is -0.0629. The number of rotatable bonds is 6. The molecule has 3 aromatic rings. The van der Waals surface area contributed by atoms with Gasteiger partial charge in [-0.15, -0.1) is 0 Å². The second kappa shape index (κ2) is 11.0. The average Bonchev–Trinajstić information content (AvgIpc) is 2.99. The Morgan fingerprint density at radius 3 is 2.12 bits per heavy atom. The lowest BCUT2D eigenvalue weighted by Crippen LogP contribution is -2.51. The number of hydrogen-bond donors (Lipinski definition) is 1. The summed E-state index contributed by atoms with van der Waals surface area (Å²) < 4.78 is 0. The third-order valence-corrected chi connectivity index (χ3v) is 10.6. The van der Waals surface area contributed by atoms with Crippen LogP contribution >= 0.6 is 0 Å². The number of hydrogen-bond acceptors (Lipinski definition) is 5. The fourth-order valence-corrected chi connectivity index (χ4v) is 9.14. The first-order valence-corrected chi connectivity index (χ1v) is 15.9. The van der Waals surface area contributed by atoms with E-state index in [4.69, 9.17) is 0 Å². The molecule has 0 unspecified atom stereocenters. The zero-order chi connectivity index (χ0) is 29.7. The van der Waals surface area contributed by atoms with Crippen molar-refractivity contribution in [1.82, 2.24) is 14.8 Å². The van der Waals surface area contributed by atoms with Crippen molar-refractivity contribution in [2.75, 3.05) is 44.7 Å². The predicted octanol–water partition coefficient (Wildman–Crippen LogP) is 6.01. The van der Waals surface area contributed by atoms with Crippen LogP contribution in [0.25, 0.3) is 11.1 Å². The molecule has 0 spiro atoms. The van der Waals surface area contributed by atoms with E-state index in [-0.39, 0.29) is 17.6 Å². The summed E-state index contributed by atoms with van der Waals surface area (Å²) in [5.74, 6) is 2.95. The molecule has 0 atom stereocenters. The molecule has 5 fully saturated rings. The minimum Gasteiger partial charge on any atom is -0.506 e. The van der Waals surface area contributed by atoms with Crippen LogP contribution in [0.15, 0.2) is 60.9 Å². The van der Waals surface area contributed by atoms with Crippen molar-refractivity contribution in [1.29, 1.82) is 0 Å². The van der Waals surface area contributed by atoms with Crippen LogP contribution < -0.4 is 4.90 Å². The normalized spacial score (nSPS) is 26.0. The van der Waals surface area contributed by atoms with Crippen LogP contribution in [0.5, 0.6) is 5.75 Å². The van der Waals surface area contributed by atoms with Gasteiger partial charge in [-0.3, -0.25) is 14.6 Å². The summed E-state index contributed by atoms with van der Waals surface area (Å²) in [7, 11) is 1.99. The summed E-state index contributed by atoms with van der Waals surface area (Å²) in [5, 5.41) is 9.79. The molecule has 5 aliphatic rings. The molecule has 224 valence electrons. The molecule has 7 heteroatoms. The average molecular weight is 579 g/mol. The standard InChI is InChI=1S/C36H42N4O3/c1-24-13-29(5-8-33(24)30-17-32(41)22-37-21-30)35(43)40-11-9-39(10-12-40)31-6-3-28(4-7-31)34(42)38(2)23-36-18-25-14-26(19-36)16-27(15-25)20-36/h3-8,13,17,21-22,25-27,41H,9-12,14-16,18-20,23H2,1-2H3. The molecule has 2 amide bonds. The van der Waals surface area contributed by atoms with Gasteiger partial charge in [-0.1, -0.05) is 6.07 Å². The number of aryl methyl sites for hydroxylation is 1. The number of aromatic nitrogens is 1. The van der Waals surface area contributed by atoms with E-state index < -0.39 is 0 Å². The lowest BCUT2D eigenvalue weighted by Gasteiger charge is -2.57. The highest BCUT2D eigenvalue weighted by Crippen LogP contribution is 2.60. The highest BCUT2D eigenvalue weighted by Gasteiger charge is 2.51. The molecule has 4 bridgehead atoms. The Labute approximate surface area is 254 Å². The number of carbonyl (C=O) groups is 2. The van der Waals surface area contributed by atoms with E-state index in [1.165, 1.54) is 44.7 Å². The Morgan fingerprint density at radius 1 is 0.884 bits per heavy atom. The van der Waals surface area contributed by atoms with Gasteiger partial charge in [0.15, 0.2) is 0 Å². The van der Waals surface area contributed by atoms with E-state index in [0.29, 0.717) is 24.1 Å².